The molecule has 1 heterocycles. The highest BCUT2D eigenvalue weighted by molar-refractivity contribution is 6.02. The molecule has 0 spiro atoms. The molecule has 1 aromatic rings. The van der Waals surface area contributed by atoms with E-state index in [9.17, 15) is 14.4 Å². The molecule has 0 N–H and O–H groups in total. The van der Waals surface area contributed by atoms with Gasteiger partial charge in [0.05, 0.1) is 5.41 Å². The molecule has 2 atom stereocenters. The Bertz CT molecular complexity index is 808. The first-order chi connectivity index (χ1) is 14.8. The molecule has 1 saturated carbocycles. The molecule has 180 valence electrons. The number of amides is 2. The quantitative estimate of drug-likeness (QED) is 0.416. The zero-order chi connectivity index (χ0) is 25.0. The first-order valence-electron chi connectivity index (χ1n) is 11.3. The third kappa shape index (κ3) is 5.25. The summed E-state index contributed by atoms with van der Waals surface area (Å²) in [6, 6.07) is 9.27. The van der Waals surface area contributed by atoms with E-state index in [0.29, 0.717) is 0 Å². The van der Waals surface area contributed by atoms with Crippen LogP contribution in [-0.4, -0.2) is 46.4 Å². The Morgan fingerprint density at radius 3 is 1.88 bits per heavy atom. The number of esters is 1. The number of benzene rings is 1. The first kappa shape index (κ1) is 27.5. The molecule has 1 aromatic carbocycles. The van der Waals surface area contributed by atoms with Crippen LogP contribution in [0.4, 0.5) is 9.59 Å². The second kappa shape index (κ2) is 9.92. The number of rotatable bonds is 2. The second-order valence-electron chi connectivity index (χ2n) is 9.36. The van der Waals surface area contributed by atoms with Crippen molar-refractivity contribution in [2.75, 3.05) is 6.61 Å². The number of cyclic esters (lactones) is 1. The molecule has 2 amide bonds. The summed E-state index contributed by atoms with van der Waals surface area (Å²) < 4.78 is 16.4. The van der Waals surface area contributed by atoms with Crippen LogP contribution < -0.4 is 0 Å². The van der Waals surface area contributed by atoms with E-state index in [2.05, 4.69) is 0 Å². The van der Waals surface area contributed by atoms with Crippen molar-refractivity contribution in [1.29, 1.82) is 0 Å². The van der Waals surface area contributed by atoms with Crippen LogP contribution in [0, 0.1) is 0 Å². The summed E-state index contributed by atoms with van der Waals surface area (Å²) in [6.45, 7) is 18.3. The maximum atomic E-state index is 13.3. The number of carbonyl (C=O) groups is 3. The molecule has 32 heavy (non-hydrogen) atoms. The van der Waals surface area contributed by atoms with Gasteiger partial charge in [-0.3, -0.25) is 0 Å². The number of fused-ring (bicyclic) bond motifs is 1. The van der Waals surface area contributed by atoms with E-state index in [0.717, 1.165) is 10.5 Å². The highest BCUT2D eigenvalue weighted by Gasteiger charge is 2.82. The van der Waals surface area contributed by atoms with E-state index < -0.39 is 40.3 Å². The van der Waals surface area contributed by atoms with E-state index in [1.54, 1.807) is 41.5 Å². The van der Waals surface area contributed by atoms with Crippen LogP contribution in [-0.2, 0) is 24.4 Å². The monoisotopic (exact) mass is 449 g/mol. The van der Waals surface area contributed by atoms with Gasteiger partial charge in [0.15, 0.2) is 5.54 Å². The predicted molar refractivity (Wildman–Crippen MR) is 123 cm³/mol. The fraction of sp³-hybridized carbons (Fsp3) is 0.640. The Morgan fingerprint density at radius 2 is 1.41 bits per heavy atom. The fourth-order valence-corrected chi connectivity index (χ4v) is 3.70. The average Bonchev–Trinajstić information content (AvgIpc) is 3.41. The van der Waals surface area contributed by atoms with E-state index in [4.69, 9.17) is 14.2 Å². The Labute approximate surface area is 192 Å². The van der Waals surface area contributed by atoms with Gasteiger partial charge in [0.1, 0.15) is 17.8 Å². The first-order valence-corrected chi connectivity index (χ1v) is 11.3. The van der Waals surface area contributed by atoms with Crippen LogP contribution >= 0.6 is 0 Å². The number of ether oxygens (including phenoxy) is 3. The van der Waals surface area contributed by atoms with Gasteiger partial charge in [0.25, 0.3) is 0 Å². The molecule has 3 rings (SSSR count). The molecule has 7 nitrogen and oxygen atoms in total. The van der Waals surface area contributed by atoms with Crippen molar-refractivity contribution < 1.29 is 28.6 Å². The molecular formula is C25H39NO6. The summed E-state index contributed by atoms with van der Waals surface area (Å²) in [5.74, 6) is -0.633. The van der Waals surface area contributed by atoms with E-state index in [1.165, 1.54) is 0 Å². The highest BCUT2D eigenvalue weighted by atomic mass is 16.6. The zero-order valence-electron chi connectivity index (χ0n) is 21.2. The fourth-order valence-electron chi connectivity index (χ4n) is 3.70. The largest absolute Gasteiger partial charge is 0.458 e. The van der Waals surface area contributed by atoms with Gasteiger partial charge in [-0.1, -0.05) is 58.0 Å². The summed E-state index contributed by atoms with van der Waals surface area (Å²) in [6.07, 6.45) is -1.59. The van der Waals surface area contributed by atoms with Crippen molar-refractivity contribution >= 4 is 18.2 Å². The van der Waals surface area contributed by atoms with Gasteiger partial charge in [0.2, 0.25) is 0 Å². The summed E-state index contributed by atoms with van der Waals surface area (Å²) in [7, 11) is 0. The lowest BCUT2D eigenvalue weighted by Gasteiger charge is -2.38. The Balaban J connectivity index is 0.00000121. The second-order valence-corrected chi connectivity index (χ2v) is 9.36. The van der Waals surface area contributed by atoms with Crippen molar-refractivity contribution in [1.82, 2.24) is 4.90 Å². The van der Waals surface area contributed by atoms with Crippen LogP contribution in [0.25, 0.3) is 0 Å². The predicted octanol–water partition coefficient (Wildman–Crippen LogP) is 5.85. The Morgan fingerprint density at radius 1 is 0.906 bits per heavy atom. The lowest BCUT2D eigenvalue weighted by atomic mass is 9.89. The smallest absolute Gasteiger partial charge is 0.420 e. The highest BCUT2D eigenvalue weighted by Crippen LogP contribution is 2.64. The van der Waals surface area contributed by atoms with Crippen molar-refractivity contribution in [3.63, 3.8) is 0 Å². The number of carbonyl (C=O) groups excluding carboxylic acids is 3. The van der Waals surface area contributed by atoms with Gasteiger partial charge in [-0.25, -0.2) is 14.4 Å². The zero-order valence-corrected chi connectivity index (χ0v) is 21.2. The van der Waals surface area contributed by atoms with Crippen molar-refractivity contribution in [3.05, 3.63) is 35.9 Å². The normalized spacial score (nSPS) is 23.8. The topological polar surface area (TPSA) is 82.1 Å². The van der Waals surface area contributed by atoms with Gasteiger partial charge in [-0.05, 0) is 53.5 Å². The maximum Gasteiger partial charge on any atom is 0.420 e. The minimum Gasteiger partial charge on any atom is -0.458 e. The molecule has 1 aliphatic carbocycles. The number of nitrogens with zero attached hydrogens (tertiary/aromatic N) is 1. The molecule has 2 fully saturated rings. The molecule has 0 aromatic heterocycles. The summed E-state index contributed by atoms with van der Waals surface area (Å²) >= 11 is 0. The van der Waals surface area contributed by atoms with E-state index >= 15 is 0 Å². The minimum absolute atomic E-state index is 0.00557. The molecular weight excluding hydrogens is 410 g/mol. The molecule has 2 aliphatic rings. The van der Waals surface area contributed by atoms with Gasteiger partial charge in [-0.15, -0.1) is 0 Å². The summed E-state index contributed by atoms with van der Waals surface area (Å²) in [5, 5.41) is 0. The SMILES string of the molecule is CC.CC.CC(C)(C)OC(=O)N1C(=O)OCC2(c3ccccc3)CC12C(=O)OC(C)(C)C. The van der Waals surface area contributed by atoms with Gasteiger partial charge in [0, 0.05) is 0 Å². The van der Waals surface area contributed by atoms with E-state index in [1.807, 2.05) is 58.0 Å². The average molecular weight is 450 g/mol. The lowest BCUT2D eigenvalue weighted by molar-refractivity contribution is -0.165. The number of hydrogen-bond acceptors (Lipinski definition) is 6. The third-order valence-corrected chi connectivity index (χ3v) is 4.87. The molecule has 1 aliphatic heterocycles. The number of imide groups is 1. The molecule has 0 bridgehead atoms. The molecule has 2 unspecified atom stereocenters. The summed E-state index contributed by atoms with van der Waals surface area (Å²) in [5.41, 5.74) is -3.16. The van der Waals surface area contributed by atoms with Crippen LogP contribution in [0.15, 0.2) is 30.3 Å². The maximum absolute atomic E-state index is 13.3. The van der Waals surface area contributed by atoms with Crippen LogP contribution in [0.1, 0.15) is 81.2 Å². The third-order valence-electron chi connectivity index (χ3n) is 4.87. The van der Waals surface area contributed by atoms with Crippen LogP contribution in [0.2, 0.25) is 0 Å². The number of hydrogen-bond donors (Lipinski definition) is 0. The van der Waals surface area contributed by atoms with E-state index in [-0.39, 0.29) is 13.0 Å². The lowest BCUT2D eigenvalue weighted by Crippen LogP contribution is -2.61. The van der Waals surface area contributed by atoms with Crippen LogP contribution in [0.5, 0.6) is 0 Å². The van der Waals surface area contributed by atoms with Crippen LogP contribution in [0.3, 0.4) is 0 Å². The summed E-state index contributed by atoms with van der Waals surface area (Å²) in [4.78, 5) is 39.6. The van der Waals surface area contributed by atoms with Crippen molar-refractivity contribution in [3.8, 4) is 0 Å². The molecule has 7 heteroatoms. The molecule has 1 saturated heterocycles. The molecule has 0 radical (unpaired) electrons. The Hall–Kier alpha value is -2.57. The van der Waals surface area contributed by atoms with Crippen molar-refractivity contribution in [2.24, 2.45) is 0 Å². The Kier molecular flexibility index (Phi) is 8.52. The van der Waals surface area contributed by atoms with Gasteiger partial charge >= 0.3 is 18.2 Å². The minimum atomic E-state index is -1.49. The van der Waals surface area contributed by atoms with Gasteiger partial charge in [-0.2, -0.15) is 4.90 Å². The standard InChI is InChI=1S/C21H27NO6.2C2H6/c1-18(2,3)27-15(23)21-12-20(21,14-10-8-7-9-11-14)13-26-16(24)22(21)17(25)28-19(4,5)6;2*1-2/h7-11H,12-13H2,1-6H3;2*1-2H3. The van der Waals surface area contributed by atoms with Gasteiger partial charge < -0.3 is 14.2 Å². The van der Waals surface area contributed by atoms with Crippen molar-refractivity contribution in [2.45, 2.75) is 97.8 Å².